The lowest BCUT2D eigenvalue weighted by atomic mass is 10.0. The highest BCUT2D eigenvalue weighted by Crippen LogP contribution is 2.11. The monoisotopic (exact) mass is 214 g/mol. The van der Waals surface area contributed by atoms with E-state index >= 15 is 0 Å². The fourth-order valence-corrected chi connectivity index (χ4v) is 1.57. The standard InChI is InChI=1S/C10H18N2O3/c1-10(2,5-6-13)12-9(15)7-3-4-8(14)11-7/h7,13H,3-6H2,1-2H3,(H,11,14)(H,12,15)/t7-/m1/s1. The zero-order valence-electron chi connectivity index (χ0n) is 9.17. The Kier molecular flexibility index (Phi) is 3.68. The zero-order valence-corrected chi connectivity index (χ0v) is 9.17. The first-order valence-corrected chi connectivity index (χ1v) is 5.17. The summed E-state index contributed by atoms with van der Waals surface area (Å²) >= 11 is 0. The summed E-state index contributed by atoms with van der Waals surface area (Å²) < 4.78 is 0. The molecule has 1 atom stereocenters. The molecule has 0 spiro atoms. The zero-order chi connectivity index (χ0) is 11.5. The normalized spacial score (nSPS) is 21.3. The molecule has 0 aromatic carbocycles. The Hall–Kier alpha value is -1.10. The molecule has 0 saturated carbocycles. The van der Waals surface area contributed by atoms with Gasteiger partial charge in [-0.3, -0.25) is 9.59 Å². The molecule has 0 bridgehead atoms. The lowest BCUT2D eigenvalue weighted by molar-refractivity contribution is -0.127. The molecule has 3 N–H and O–H groups in total. The number of nitrogens with one attached hydrogen (secondary N) is 2. The summed E-state index contributed by atoms with van der Waals surface area (Å²) in [5.74, 6) is -0.241. The molecule has 0 aromatic rings. The maximum atomic E-state index is 11.7. The van der Waals surface area contributed by atoms with Crippen LogP contribution in [0, 0.1) is 0 Å². The maximum absolute atomic E-state index is 11.7. The minimum Gasteiger partial charge on any atom is -0.396 e. The summed E-state index contributed by atoms with van der Waals surface area (Å²) in [5.41, 5.74) is -0.431. The molecule has 1 saturated heterocycles. The molecule has 1 rings (SSSR count). The van der Waals surface area contributed by atoms with Gasteiger partial charge in [-0.15, -0.1) is 0 Å². The quantitative estimate of drug-likeness (QED) is 0.592. The number of aliphatic hydroxyl groups excluding tert-OH is 1. The van der Waals surface area contributed by atoms with Gasteiger partial charge < -0.3 is 15.7 Å². The first-order chi connectivity index (χ1) is 6.94. The molecule has 5 nitrogen and oxygen atoms in total. The second kappa shape index (κ2) is 4.61. The van der Waals surface area contributed by atoms with Gasteiger partial charge >= 0.3 is 0 Å². The van der Waals surface area contributed by atoms with Gasteiger partial charge in [-0.1, -0.05) is 0 Å². The van der Waals surface area contributed by atoms with E-state index in [-0.39, 0.29) is 18.4 Å². The molecule has 0 radical (unpaired) electrons. The van der Waals surface area contributed by atoms with Gasteiger partial charge in [0.15, 0.2) is 0 Å². The second-order valence-corrected chi connectivity index (χ2v) is 4.51. The fraction of sp³-hybridized carbons (Fsp3) is 0.800. The van der Waals surface area contributed by atoms with Gasteiger partial charge in [0.25, 0.3) is 0 Å². The van der Waals surface area contributed by atoms with Crippen molar-refractivity contribution < 1.29 is 14.7 Å². The molecule has 86 valence electrons. The van der Waals surface area contributed by atoms with E-state index in [9.17, 15) is 9.59 Å². The third-order valence-electron chi connectivity index (χ3n) is 2.51. The first kappa shape index (κ1) is 12.0. The summed E-state index contributed by atoms with van der Waals surface area (Å²) in [4.78, 5) is 22.6. The number of aliphatic hydroxyl groups is 1. The van der Waals surface area contributed by atoms with E-state index in [2.05, 4.69) is 10.6 Å². The van der Waals surface area contributed by atoms with Crippen LogP contribution in [0.15, 0.2) is 0 Å². The number of hydrogen-bond acceptors (Lipinski definition) is 3. The number of rotatable bonds is 4. The molecular formula is C10H18N2O3. The highest BCUT2D eigenvalue weighted by molar-refractivity contribution is 5.91. The second-order valence-electron chi connectivity index (χ2n) is 4.51. The topological polar surface area (TPSA) is 78.4 Å². The summed E-state index contributed by atoms with van der Waals surface area (Å²) in [6, 6.07) is -0.407. The van der Waals surface area contributed by atoms with Crippen LogP contribution in [0.5, 0.6) is 0 Å². The maximum Gasteiger partial charge on any atom is 0.243 e. The molecule has 15 heavy (non-hydrogen) atoms. The number of carbonyl (C=O) groups excluding carboxylic acids is 2. The minimum absolute atomic E-state index is 0.0320. The van der Waals surface area contributed by atoms with E-state index in [0.717, 1.165) is 0 Å². The molecule has 2 amide bonds. The molecule has 1 aliphatic rings. The molecule has 0 unspecified atom stereocenters. The van der Waals surface area contributed by atoms with Crippen LogP contribution in [0.1, 0.15) is 33.1 Å². The Morgan fingerprint density at radius 2 is 2.33 bits per heavy atom. The average molecular weight is 214 g/mol. The summed E-state index contributed by atoms with van der Waals surface area (Å²) in [6.45, 7) is 3.72. The van der Waals surface area contributed by atoms with Crippen LogP contribution in [0.3, 0.4) is 0 Å². The Morgan fingerprint density at radius 1 is 1.67 bits per heavy atom. The van der Waals surface area contributed by atoms with E-state index in [0.29, 0.717) is 19.3 Å². The average Bonchev–Trinajstić information content (AvgIpc) is 2.50. The first-order valence-electron chi connectivity index (χ1n) is 5.17. The van der Waals surface area contributed by atoms with Gasteiger partial charge in [0.2, 0.25) is 11.8 Å². The van der Waals surface area contributed by atoms with E-state index in [1.54, 1.807) is 0 Å². The van der Waals surface area contributed by atoms with Crippen LogP contribution in [0.2, 0.25) is 0 Å². The van der Waals surface area contributed by atoms with Crippen molar-refractivity contribution in [1.82, 2.24) is 10.6 Å². The van der Waals surface area contributed by atoms with Crippen LogP contribution in [0.4, 0.5) is 0 Å². The van der Waals surface area contributed by atoms with Crippen LogP contribution in [0.25, 0.3) is 0 Å². The van der Waals surface area contributed by atoms with Crippen molar-refractivity contribution in [2.45, 2.75) is 44.7 Å². The Bertz CT molecular complexity index is 263. The van der Waals surface area contributed by atoms with Crippen molar-refractivity contribution in [1.29, 1.82) is 0 Å². The SMILES string of the molecule is CC(C)(CCO)NC(=O)[C@H]1CCC(=O)N1. The van der Waals surface area contributed by atoms with Crippen LogP contribution >= 0.6 is 0 Å². The van der Waals surface area contributed by atoms with E-state index in [4.69, 9.17) is 5.11 Å². The van der Waals surface area contributed by atoms with E-state index in [1.807, 2.05) is 13.8 Å². The van der Waals surface area contributed by atoms with Crippen molar-refractivity contribution >= 4 is 11.8 Å². The number of amides is 2. The minimum atomic E-state index is -0.431. The molecule has 1 heterocycles. The third-order valence-corrected chi connectivity index (χ3v) is 2.51. The molecule has 1 fully saturated rings. The largest absolute Gasteiger partial charge is 0.396 e. The van der Waals surface area contributed by atoms with Crippen molar-refractivity contribution in [2.75, 3.05) is 6.61 Å². The Labute approximate surface area is 89.2 Å². The van der Waals surface area contributed by atoms with Gasteiger partial charge in [-0.2, -0.15) is 0 Å². The molecular weight excluding hydrogens is 196 g/mol. The number of carbonyl (C=O) groups is 2. The van der Waals surface area contributed by atoms with Gasteiger partial charge in [0.05, 0.1) is 0 Å². The van der Waals surface area contributed by atoms with Crippen LogP contribution < -0.4 is 10.6 Å². The molecule has 0 aromatic heterocycles. The number of hydrogen-bond donors (Lipinski definition) is 3. The molecule has 5 heteroatoms. The van der Waals surface area contributed by atoms with Crippen molar-refractivity contribution in [3.05, 3.63) is 0 Å². The lowest BCUT2D eigenvalue weighted by Gasteiger charge is -2.27. The van der Waals surface area contributed by atoms with Gasteiger partial charge in [-0.05, 0) is 26.7 Å². The molecule has 1 aliphatic heterocycles. The third kappa shape index (κ3) is 3.51. The van der Waals surface area contributed by atoms with Crippen LogP contribution in [-0.2, 0) is 9.59 Å². The van der Waals surface area contributed by atoms with Crippen LogP contribution in [-0.4, -0.2) is 35.1 Å². The van der Waals surface area contributed by atoms with Crippen molar-refractivity contribution in [2.24, 2.45) is 0 Å². The van der Waals surface area contributed by atoms with E-state index in [1.165, 1.54) is 0 Å². The summed E-state index contributed by atoms with van der Waals surface area (Å²) in [6.07, 6.45) is 1.47. The van der Waals surface area contributed by atoms with Crippen molar-refractivity contribution in [3.8, 4) is 0 Å². The van der Waals surface area contributed by atoms with Gasteiger partial charge in [0, 0.05) is 18.6 Å². The van der Waals surface area contributed by atoms with Crippen molar-refractivity contribution in [3.63, 3.8) is 0 Å². The van der Waals surface area contributed by atoms with Gasteiger partial charge in [-0.25, -0.2) is 0 Å². The summed E-state index contributed by atoms with van der Waals surface area (Å²) in [7, 11) is 0. The predicted molar refractivity (Wildman–Crippen MR) is 55.1 cm³/mol. The Morgan fingerprint density at radius 3 is 2.80 bits per heavy atom. The van der Waals surface area contributed by atoms with Gasteiger partial charge in [0.1, 0.15) is 6.04 Å². The smallest absolute Gasteiger partial charge is 0.243 e. The predicted octanol–water partition coefficient (Wildman–Crippen LogP) is -0.458. The molecule has 0 aliphatic carbocycles. The Balaban J connectivity index is 2.44. The van der Waals surface area contributed by atoms with E-state index < -0.39 is 11.6 Å². The highest BCUT2D eigenvalue weighted by atomic mass is 16.3. The lowest BCUT2D eigenvalue weighted by Crippen LogP contribution is -2.51. The fourth-order valence-electron chi connectivity index (χ4n) is 1.57. The summed E-state index contributed by atoms with van der Waals surface area (Å²) in [5, 5.41) is 14.2. The highest BCUT2D eigenvalue weighted by Gasteiger charge is 2.30.